The molecule has 0 radical (unpaired) electrons. The van der Waals surface area contributed by atoms with Crippen LogP contribution in [0, 0.1) is 0 Å². The topological polar surface area (TPSA) is 67.8 Å². The number of nitrogens with one attached hydrogen (secondary N) is 1. The van der Waals surface area contributed by atoms with E-state index in [2.05, 4.69) is 26.2 Å². The van der Waals surface area contributed by atoms with E-state index in [4.69, 9.17) is 16.3 Å². The molecule has 5 nitrogen and oxygen atoms in total. The molecule has 1 N–H and O–H groups in total. The molecule has 1 aliphatic heterocycles. The van der Waals surface area contributed by atoms with Crippen LogP contribution in [0.5, 0.6) is 0 Å². The summed E-state index contributed by atoms with van der Waals surface area (Å²) in [6, 6.07) is 12.5. The SMILES string of the molecule is CC(=O)O[C@@H]1N=C(c2ccc(Cl)cc2)c2cc(Br)ccc2NC1=O. The third kappa shape index (κ3) is 3.49. The van der Waals surface area contributed by atoms with E-state index < -0.39 is 18.1 Å². The van der Waals surface area contributed by atoms with Gasteiger partial charge in [0.25, 0.3) is 12.1 Å². The number of hydrogen-bond acceptors (Lipinski definition) is 4. The van der Waals surface area contributed by atoms with Gasteiger partial charge < -0.3 is 10.1 Å². The maximum absolute atomic E-state index is 12.3. The van der Waals surface area contributed by atoms with Gasteiger partial charge in [-0.15, -0.1) is 0 Å². The Labute approximate surface area is 151 Å². The molecule has 0 fully saturated rings. The fourth-order valence-electron chi connectivity index (χ4n) is 2.34. The van der Waals surface area contributed by atoms with Crippen LogP contribution in [-0.2, 0) is 14.3 Å². The van der Waals surface area contributed by atoms with Gasteiger partial charge in [-0.3, -0.25) is 9.59 Å². The molecule has 122 valence electrons. The minimum Gasteiger partial charge on any atom is -0.430 e. The molecule has 0 saturated heterocycles. The number of aliphatic imine (C=N–C) groups is 1. The Morgan fingerprint density at radius 1 is 1.25 bits per heavy atom. The van der Waals surface area contributed by atoms with Crippen molar-refractivity contribution < 1.29 is 14.3 Å². The van der Waals surface area contributed by atoms with E-state index in [1.54, 1.807) is 30.3 Å². The third-order valence-electron chi connectivity index (χ3n) is 3.36. The highest BCUT2D eigenvalue weighted by atomic mass is 79.9. The summed E-state index contributed by atoms with van der Waals surface area (Å²) in [6.07, 6.45) is -1.25. The number of fused-ring (bicyclic) bond motifs is 1. The summed E-state index contributed by atoms with van der Waals surface area (Å²) < 4.78 is 5.88. The molecule has 7 heteroatoms. The molecule has 0 saturated carbocycles. The first-order chi connectivity index (χ1) is 11.4. The quantitative estimate of drug-likeness (QED) is 0.770. The Balaban J connectivity index is 2.18. The van der Waals surface area contributed by atoms with E-state index in [1.165, 1.54) is 6.92 Å². The van der Waals surface area contributed by atoms with Crippen LogP contribution in [0.4, 0.5) is 5.69 Å². The molecule has 3 rings (SSSR count). The maximum atomic E-state index is 12.3. The second kappa shape index (κ2) is 6.75. The molecule has 1 amide bonds. The Morgan fingerprint density at radius 2 is 1.96 bits per heavy atom. The number of carbonyl (C=O) groups excluding carboxylic acids is 2. The molecular formula is C17H12BrClN2O3. The smallest absolute Gasteiger partial charge is 0.305 e. The van der Waals surface area contributed by atoms with Crippen LogP contribution in [0.2, 0.25) is 5.02 Å². The van der Waals surface area contributed by atoms with Crippen molar-refractivity contribution >= 4 is 50.8 Å². The first-order valence-electron chi connectivity index (χ1n) is 7.06. The van der Waals surface area contributed by atoms with Gasteiger partial charge in [0.05, 0.1) is 11.4 Å². The van der Waals surface area contributed by atoms with E-state index in [0.717, 1.165) is 15.6 Å². The summed E-state index contributed by atoms with van der Waals surface area (Å²) in [5.41, 5.74) is 2.60. The van der Waals surface area contributed by atoms with Crippen molar-refractivity contribution in [2.75, 3.05) is 5.32 Å². The number of rotatable bonds is 2. The zero-order valence-electron chi connectivity index (χ0n) is 12.5. The minimum atomic E-state index is -1.25. The Bertz CT molecular complexity index is 849. The van der Waals surface area contributed by atoms with Gasteiger partial charge in [-0.25, -0.2) is 4.99 Å². The van der Waals surface area contributed by atoms with Gasteiger partial charge in [-0.05, 0) is 30.3 Å². The lowest BCUT2D eigenvalue weighted by Crippen LogP contribution is -2.29. The lowest BCUT2D eigenvalue weighted by molar-refractivity contribution is -0.151. The molecule has 0 aromatic heterocycles. The second-order valence-corrected chi connectivity index (χ2v) is 6.48. The van der Waals surface area contributed by atoms with Gasteiger partial charge in [0.15, 0.2) is 0 Å². The highest BCUT2D eigenvalue weighted by molar-refractivity contribution is 9.10. The van der Waals surface area contributed by atoms with Crippen LogP contribution < -0.4 is 5.32 Å². The van der Waals surface area contributed by atoms with Crippen LogP contribution in [0.25, 0.3) is 0 Å². The molecule has 1 heterocycles. The van der Waals surface area contributed by atoms with Gasteiger partial charge in [0.2, 0.25) is 0 Å². The normalized spacial score (nSPS) is 16.5. The Hall–Kier alpha value is -2.18. The summed E-state index contributed by atoms with van der Waals surface area (Å²) in [5.74, 6) is -1.08. The van der Waals surface area contributed by atoms with Crippen molar-refractivity contribution in [2.45, 2.75) is 13.2 Å². The fourth-order valence-corrected chi connectivity index (χ4v) is 2.82. The molecule has 1 aliphatic rings. The molecule has 2 aromatic carbocycles. The first-order valence-corrected chi connectivity index (χ1v) is 8.23. The van der Waals surface area contributed by atoms with E-state index in [9.17, 15) is 9.59 Å². The number of hydrogen-bond donors (Lipinski definition) is 1. The van der Waals surface area contributed by atoms with E-state index in [-0.39, 0.29) is 0 Å². The molecular weight excluding hydrogens is 396 g/mol. The summed E-state index contributed by atoms with van der Waals surface area (Å²) in [5, 5.41) is 3.33. The summed E-state index contributed by atoms with van der Waals surface area (Å²) in [6.45, 7) is 1.24. The number of carbonyl (C=O) groups is 2. The van der Waals surface area contributed by atoms with Gasteiger partial charge in [0.1, 0.15) is 0 Å². The van der Waals surface area contributed by atoms with Gasteiger partial charge >= 0.3 is 5.97 Å². The summed E-state index contributed by atoms with van der Waals surface area (Å²) in [7, 11) is 0. The second-order valence-electron chi connectivity index (χ2n) is 5.13. The molecule has 0 bridgehead atoms. The number of halogens is 2. The number of benzene rings is 2. The standard InChI is InChI=1S/C17H12BrClN2O3/c1-9(22)24-17-16(23)20-14-7-4-11(18)8-13(14)15(21-17)10-2-5-12(19)6-3-10/h2-8,17H,1H3,(H,20,23)/t17-/m0/s1. The predicted molar refractivity (Wildman–Crippen MR) is 95.4 cm³/mol. The van der Waals surface area contributed by atoms with Crippen LogP contribution >= 0.6 is 27.5 Å². The molecule has 0 aliphatic carbocycles. The average molecular weight is 408 g/mol. The Kier molecular flexibility index (Phi) is 4.69. The Morgan fingerprint density at radius 3 is 2.62 bits per heavy atom. The molecule has 1 atom stereocenters. The number of nitrogens with zero attached hydrogens (tertiary/aromatic N) is 1. The van der Waals surface area contributed by atoms with Gasteiger partial charge in [-0.2, -0.15) is 0 Å². The van der Waals surface area contributed by atoms with Crippen molar-refractivity contribution in [3.8, 4) is 0 Å². The van der Waals surface area contributed by atoms with E-state index in [0.29, 0.717) is 16.4 Å². The molecule has 0 unspecified atom stereocenters. The highest BCUT2D eigenvalue weighted by Crippen LogP contribution is 2.28. The van der Waals surface area contributed by atoms with Gasteiger partial charge in [0, 0.05) is 27.5 Å². The molecule has 0 spiro atoms. The lowest BCUT2D eigenvalue weighted by Gasteiger charge is -2.11. The zero-order valence-corrected chi connectivity index (χ0v) is 14.9. The number of benzodiazepines with no additional fused rings is 1. The summed E-state index contributed by atoms with van der Waals surface area (Å²) in [4.78, 5) is 28.0. The monoisotopic (exact) mass is 406 g/mol. The average Bonchev–Trinajstić information content (AvgIpc) is 2.65. The highest BCUT2D eigenvalue weighted by Gasteiger charge is 2.28. The van der Waals surface area contributed by atoms with Crippen molar-refractivity contribution in [3.05, 3.63) is 63.1 Å². The first kappa shape index (κ1) is 16.7. The molecule has 2 aromatic rings. The van der Waals surface area contributed by atoms with Crippen molar-refractivity contribution in [1.29, 1.82) is 0 Å². The molecule has 24 heavy (non-hydrogen) atoms. The van der Waals surface area contributed by atoms with E-state index >= 15 is 0 Å². The van der Waals surface area contributed by atoms with Crippen LogP contribution in [0.3, 0.4) is 0 Å². The lowest BCUT2D eigenvalue weighted by atomic mass is 10.0. The van der Waals surface area contributed by atoms with Crippen LogP contribution in [0.15, 0.2) is 51.9 Å². The minimum absolute atomic E-state index is 0.502. The summed E-state index contributed by atoms with van der Waals surface area (Å²) >= 11 is 9.37. The van der Waals surface area contributed by atoms with Crippen molar-refractivity contribution in [3.63, 3.8) is 0 Å². The third-order valence-corrected chi connectivity index (χ3v) is 4.11. The number of esters is 1. The zero-order chi connectivity index (χ0) is 17.3. The fraction of sp³-hybridized carbons (Fsp3) is 0.118. The van der Waals surface area contributed by atoms with Gasteiger partial charge in [-0.1, -0.05) is 39.7 Å². The van der Waals surface area contributed by atoms with Crippen molar-refractivity contribution in [1.82, 2.24) is 0 Å². The number of amides is 1. The maximum Gasteiger partial charge on any atom is 0.305 e. The number of anilines is 1. The van der Waals surface area contributed by atoms with Crippen LogP contribution in [0.1, 0.15) is 18.1 Å². The van der Waals surface area contributed by atoms with Crippen molar-refractivity contribution in [2.24, 2.45) is 4.99 Å². The predicted octanol–water partition coefficient (Wildman–Crippen LogP) is 3.78. The number of ether oxygens (including phenoxy) is 1. The van der Waals surface area contributed by atoms with E-state index in [1.807, 2.05) is 12.1 Å². The largest absolute Gasteiger partial charge is 0.430 e. The van der Waals surface area contributed by atoms with Crippen LogP contribution in [-0.4, -0.2) is 23.8 Å².